The fourth-order valence-electron chi connectivity index (χ4n) is 2.10. The molecule has 1 saturated heterocycles. The minimum absolute atomic E-state index is 0. The Labute approximate surface area is 120 Å². The average molecular weight is 285 g/mol. The first kappa shape index (κ1) is 15.8. The number of ether oxygens (including phenoxy) is 1. The van der Waals surface area contributed by atoms with E-state index < -0.39 is 0 Å². The Morgan fingerprint density at radius 1 is 1.21 bits per heavy atom. The number of amides is 1. The third-order valence-corrected chi connectivity index (χ3v) is 3.11. The quantitative estimate of drug-likeness (QED) is 0.903. The molecule has 4 nitrogen and oxygen atoms in total. The summed E-state index contributed by atoms with van der Waals surface area (Å²) in [6.45, 7) is 4.21. The van der Waals surface area contributed by atoms with Gasteiger partial charge in [0.05, 0.1) is 0 Å². The van der Waals surface area contributed by atoms with Crippen LogP contribution in [-0.2, 0) is 11.3 Å². The van der Waals surface area contributed by atoms with E-state index in [2.05, 4.69) is 10.2 Å². The number of rotatable bonds is 5. The van der Waals surface area contributed by atoms with E-state index >= 15 is 0 Å². The van der Waals surface area contributed by atoms with Gasteiger partial charge in [0.1, 0.15) is 6.61 Å². The molecule has 1 fully saturated rings. The molecule has 0 radical (unpaired) electrons. The number of likely N-dealkylation sites (tertiary alicyclic amines) is 1. The van der Waals surface area contributed by atoms with E-state index in [1.54, 1.807) is 0 Å². The number of halogens is 1. The molecule has 2 rings (SSSR count). The number of hydrogen-bond donors (Lipinski definition) is 1. The minimum atomic E-state index is -0.335. The Hall–Kier alpha value is -1.26. The standard InChI is InChI=1S/C14H20N2O2.ClH/c17-14(15-8-11-16-9-4-5-10-16)18-12-13-6-2-1-3-7-13;/h1-3,6-7H,4-5,8-12H2,(H,15,17);1H. The van der Waals surface area contributed by atoms with Gasteiger partial charge in [0.25, 0.3) is 0 Å². The molecule has 1 aliphatic heterocycles. The predicted molar refractivity (Wildman–Crippen MR) is 77.6 cm³/mol. The normalized spacial score (nSPS) is 14.7. The van der Waals surface area contributed by atoms with Gasteiger partial charge >= 0.3 is 6.09 Å². The summed E-state index contributed by atoms with van der Waals surface area (Å²) in [6, 6.07) is 9.70. The van der Waals surface area contributed by atoms with Gasteiger partial charge in [-0.1, -0.05) is 30.3 Å². The van der Waals surface area contributed by atoms with Crippen LogP contribution in [0.4, 0.5) is 4.79 Å². The molecule has 0 saturated carbocycles. The summed E-state index contributed by atoms with van der Waals surface area (Å²) in [5.41, 5.74) is 1.01. The van der Waals surface area contributed by atoms with Crippen LogP contribution in [0, 0.1) is 0 Å². The van der Waals surface area contributed by atoms with Crippen LogP contribution >= 0.6 is 12.4 Å². The van der Waals surface area contributed by atoms with Gasteiger partial charge in [-0.2, -0.15) is 0 Å². The molecule has 1 aromatic rings. The van der Waals surface area contributed by atoms with Crippen molar-refractivity contribution >= 4 is 18.5 Å². The number of hydrogen-bond acceptors (Lipinski definition) is 3. The summed E-state index contributed by atoms with van der Waals surface area (Å²) in [5, 5.41) is 2.78. The van der Waals surface area contributed by atoms with Crippen LogP contribution < -0.4 is 5.32 Å². The molecule has 1 aromatic carbocycles. The van der Waals surface area contributed by atoms with Gasteiger partial charge < -0.3 is 15.0 Å². The van der Waals surface area contributed by atoms with E-state index in [1.165, 1.54) is 12.8 Å². The second-order valence-corrected chi connectivity index (χ2v) is 4.54. The van der Waals surface area contributed by atoms with Crippen molar-refractivity contribution in [1.82, 2.24) is 10.2 Å². The lowest BCUT2D eigenvalue weighted by molar-refractivity contribution is 0.138. The lowest BCUT2D eigenvalue weighted by Crippen LogP contribution is -2.33. The van der Waals surface area contributed by atoms with Crippen molar-refractivity contribution in [2.45, 2.75) is 19.4 Å². The third kappa shape index (κ3) is 5.94. The lowest BCUT2D eigenvalue weighted by atomic mass is 10.2. The first-order chi connectivity index (χ1) is 8.84. The molecule has 0 aliphatic carbocycles. The fourth-order valence-corrected chi connectivity index (χ4v) is 2.10. The molecule has 19 heavy (non-hydrogen) atoms. The highest BCUT2D eigenvalue weighted by atomic mass is 35.5. The van der Waals surface area contributed by atoms with Gasteiger partial charge in [0, 0.05) is 13.1 Å². The molecular formula is C14H21ClN2O2. The molecule has 1 aliphatic rings. The SMILES string of the molecule is Cl.O=C(NCCN1CCCC1)OCc1ccccc1. The Bertz CT molecular complexity index is 367. The molecule has 1 heterocycles. The Morgan fingerprint density at radius 3 is 2.58 bits per heavy atom. The number of carbonyl (C=O) groups excluding carboxylic acids is 1. The largest absolute Gasteiger partial charge is 0.445 e. The monoisotopic (exact) mass is 284 g/mol. The highest BCUT2D eigenvalue weighted by Gasteiger charge is 2.11. The predicted octanol–water partition coefficient (Wildman–Crippen LogP) is 2.43. The van der Waals surface area contributed by atoms with Crippen LogP contribution in [0.5, 0.6) is 0 Å². The van der Waals surface area contributed by atoms with Crippen LogP contribution in [0.25, 0.3) is 0 Å². The van der Waals surface area contributed by atoms with E-state index in [-0.39, 0.29) is 18.5 Å². The number of nitrogens with one attached hydrogen (secondary N) is 1. The number of nitrogens with zero attached hydrogens (tertiary/aromatic N) is 1. The fraction of sp³-hybridized carbons (Fsp3) is 0.500. The second-order valence-electron chi connectivity index (χ2n) is 4.54. The molecule has 0 unspecified atom stereocenters. The van der Waals surface area contributed by atoms with Crippen molar-refractivity contribution in [1.29, 1.82) is 0 Å². The van der Waals surface area contributed by atoms with Gasteiger partial charge in [-0.15, -0.1) is 12.4 Å². The molecule has 0 atom stereocenters. The van der Waals surface area contributed by atoms with E-state index in [0.717, 1.165) is 25.2 Å². The van der Waals surface area contributed by atoms with Gasteiger partial charge in [0.2, 0.25) is 0 Å². The molecule has 106 valence electrons. The summed E-state index contributed by atoms with van der Waals surface area (Å²) in [5.74, 6) is 0. The van der Waals surface area contributed by atoms with E-state index in [4.69, 9.17) is 4.74 Å². The van der Waals surface area contributed by atoms with Crippen molar-refractivity contribution < 1.29 is 9.53 Å². The summed E-state index contributed by atoms with van der Waals surface area (Å²) in [6.07, 6.45) is 2.22. The summed E-state index contributed by atoms with van der Waals surface area (Å²) < 4.78 is 5.12. The van der Waals surface area contributed by atoms with Crippen LogP contribution in [0.1, 0.15) is 18.4 Å². The summed E-state index contributed by atoms with van der Waals surface area (Å²) in [7, 11) is 0. The zero-order chi connectivity index (χ0) is 12.6. The summed E-state index contributed by atoms with van der Waals surface area (Å²) in [4.78, 5) is 13.8. The van der Waals surface area contributed by atoms with Gasteiger partial charge in [-0.3, -0.25) is 0 Å². The first-order valence-corrected chi connectivity index (χ1v) is 6.51. The van der Waals surface area contributed by atoms with Crippen molar-refractivity contribution in [3.63, 3.8) is 0 Å². The zero-order valence-electron chi connectivity index (χ0n) is 11.0. The highest BCUT2D eigenvalue weighted by Crippen LogP contribution is 2.05. The third-order valence-electron chi connectivity index (χ3n) is 3.11. The van der Waals surface area contributed by atoms with Crippen molar-refractivity contribution in [2.75, 3.05) is 26.2 Å². The molecular weight excluding hydrogens is 264 g/mol. The molecule has 5 heteroatoms. The Balaban J connectivity index is 0.00000180. The molecule has 1 N–H and O–H groups in total. The van der Waals surface area contributed by atoms with Gasteiger partial charge in [0.15, 0.2) is 0 Å². The number of benzene rings is 1. The lowest BCUT2D eigenvalue weighted by Gasteiger charge is -2.14. The maximum absolute atomic E-state index is 11.4. The second kappa shape index (κ2) is 8.77. The van der Waals surface area contributed by atoms with Crippen LogP contribution in [-0.4, -0.2) is 37.2 Å². The van der Waals surface area contributed by atoms with Crippen LogP contribution in [0.15, 0.2) is 30.3 Å². The van der Waals surface area contributed by atoms with Gasteiger partial charge in [-0.25, -0.2) is 4.79 Å². The van der Waals surface area contributed by atoms with Crippen molar-refractivity contribution in [2.24, 2.45) is 0 Å². The molecule has 1 amide bonds. The van der Waals surface area contributed by atoms with E-state index in [0.29, 0.717) is 13.2 Å². The van der Waals surface area contributed by atoms with E-state index in [1.807, 2.05) is 30.3 Å². The first-order valence-electron chi connectivity index (χ1n) is 6.51. The average Bonchev–Trinajstić information content (AvgIpc) is 2.91. The molecule has 0 aromatic heterocycles. The Kier molecular flexibility index (Phi) is 7.30. The van der Waals surface area contributed by atoms with Crippen LogP contribution in [0.3, 0.4) is 0 Å². The van der Waals surface area contributed by atoms with Gasteiger partial charge in [-0.05, 0) is 31.5 Å². The maximum Gasteiger partial charge on any atom is 0.407 e. The Morgan fingerprint density at radius 2 is 1.89 bits per heavy atom. The zero-order valence-corrected chi connectivity index (χ0v) is 11.8. The van der Waals surface area contributed by atoms with E-state index in [9.17, 15) is 4.79 Å². The molecule has 0 spiro atoms. The van der Waals surface area contributed by atoms with Crippen molar-refractivity contribution in [3.8, 4) is 0 Å². The topological polar surface area (TPSA) is 41.6 Å². The highest BCUT2D eigenvalue weighted by molar-refractivity contribution is 5.85. The number of carbonyl (C=O) groups is 1. The minimum Gasteiger partial charge on any atom is -0.445 e. The maximum atomic E-state index is 11.4. The van der Waals surface area contributed by atoms with Crippen molar-refractivity contribution in [3.05, 3.63) is 35.9 Å². The summed E-state index contributed by atoms with van der Waals surface area (Å²) >= 11 is 0. The van der Waals surface area contributed by atoms with Crippen LogP contribution in [0.2, 0.25) is 0 Å². The molecule has 0 bridgehead atoms. The number of alkyl carbamates (subject to hydrolysis) is 1. The smallest absolute Gasteiger partial charge is 0.407 e.